The lowest BCUT2D eigenvalue weighted by molar-refractivity contribution is -0.00491. The topological polar surface area (TPSA) is 26.7 Å². The van der Waals surface area contributed by atoms with E-state index in [4.69, 9.17) is 0 Å². The molecule has 2 heterocycles. The van der Waals surface area contributed by atoms with Gasteiger partial charge in [-0.1, -0.05) is 25.7 Å². The van der Waals surface area contributed by atoms with Gasteiger partial charge in [0.1, 0.15) is 0 Å². The molecule has 3 fully saturated rings. The number of nitrogens with zero attached hydrogens (tertiary/aromatic N) is 2. The Balaban J connectivity index is 1.61. The predicted molar refractivity (Wildman–Crippen MR) is 73.7 cm³/mol. The molecule has 1 N–H and O–H groups in total. The van der Waals surface area contributed by atoms with Crippen LogP contribution in [0.15, 0.2) is 0 Å². The minimum Gasteiger partial charge on any atom is -0.391 e. The van der Waals surface area contributed by atoms with Crippen molar-refractivity contribution in [1.82, 2.24) is 9.80 Å². The molecule has 3 aliphatic rings. The van der Waals surface area contributed by atoms with Crippen LogP contribution in [0, 0.1) is 0 Å². The van der Waals surface area contributed by atoms with Gasteiger partial charge in [0, 0.05) is 31.7 Å². The van der Waals surface area contributed by atoms with E-state index >= 15 is 0 Å². The van der Waals surface area contributed by atoms with Crippen molar-refractivity contribution in [3.05, 3.63) is 0 Å². The van der Waals surface area contributed by atoms with E-state index in [1.807, 2.05) is 0 Å². The quantitative estimate of drug-likeness (QED) is 0.771. The fourth-order valence-corrected chi connectivity index (χ4v) is 4.19. The van der Waals surface area contributed by atoms with Crippen molar-refractivity contribution in [2.75, 3.05) is 26.2 Å². The lowest BCUT2D eigenvalue weighted by Crippen LogP contribution is -2.56. The van der Waals surface area contributed by atoms with E-state index in [9.17, 15) is 5.11 Å². The number of aliphatic hydroxyl groups is 1. The monoisotopic (exact) mass is 252 g/mol. The summed E-state index contributed by atoms with van der Waals surface area (Å²) in [5.74, 6) is 0. The van der Waals surface area contributed by atoms with Crippen molar-refractivity contribution >= 4 is 0 Å². The fourth-order valence-electron chi connectivity index (χ4n) is 4.19. The van der Waals surface area contributed by atoms with Crippen molar-refractivity contribution in [3.63, 3.8) is 0 Å². The summed E-state index contributed by atoms with van der Waals surface area (Å²) in [5.41, 5.74) is 0. The van der Waals surface area contributed by atoms with Gasteiger partial charge in [0.15, 0.2) is 0 Å². The number of fused-ring (bicyclic) bond motifs is 1. The van der Waals surface area contributed by atoms with Gasteiger partial charge in [0.05, 0.1) is 6.10 Å². The van der Waals surface area contributed by atoms with Gasteiger partial charge >= 0.3 is 0 Å². The first-order valence-corrected chi connectivity index (χ1v) is 8.01. The Morgan fingerprint density at radius 2 is 1.50 bits per heavy atom. The first-order valence-electron chi connectivity index (χ1n) is 8.01. The summed E-state index contributed by atoms with van der Waals surface area (Å²) >= 11 is 0. The van der Waals surface area contributed by atoms with E-state index in [1.54, 1.807) is 0 Å². The summed E-state index contributed by atoms with van der Waals surface area (Å²) in [4.78, 5) is 5.27. The Labute approximate surface area is 111 Å². The van der Waals surface area contributed by atoms with Gasteiger partial charge in [-0.25, -0.2) is 0 Å². The molecule has 3 rings (SSSR count). The zero-order chi connectivity index (χ0) is 12.4. The van der Waals surface area contributed by atoms with Gasteiger partial charge < -0.3 is 5.11 Å². The van der Waals surface area contributed by atoms with Gasteiger partial charge in [0.2, 0.25) is 0 Å². The van der Waals surface area contributed by atoms with E-state index in [2.05, 4.69) is 9.80 Å². The number of rotatable bonds is 1. The summed E-state index contributed by atoms with van der Waals surface area (Å²) in [6.07, 6.45) is 10.1. The molecule has 0 amide bonds. The molecule has 0 spiro atoms. The highest BCUT2D eigenvalue weighted by Gasteiger charge is 2.35. The average Bonchev–Trinajstić information content (AvgIpc) is 2.81. The molecule has 0 aromatic rings. The van der Waals surface area contributed by atoms with Crippen molar-refractivity contribution in [2.45, 2.75) is 69.6 Å². The van der Waals surface area contributed by atoms with Gasteiger partial charge in [-0.15, -0.1) is 0 Å². The largest absolute Gasteiger partial charge is 0.391 e. The second-order valence-corrected chi connectivity index (χ2v) is 6.45. The van der Waals surface area contributed by atoms with Crippen molar-refractivity contribution in [2.24, 2.45) is 0 Å². The van der Waals surface area contributed by atoms with Gasteiger partial charge in [-0.05, 0) is 32.2 Å². The summed E-state index contributed by atoms with van der Waals surface area (Å²) < 4.78 is 0. The second kappa shape index (κ2) is 5.89. The SMILES string of the molecule is OC1CCCCCCC1N1CCN2CCCC2C1. The molecular weight excluding hydrogens is 224 g/mol. The summed E-state index contributed by atoms with van der Waals surface area (Å²) in [6, 6.07) is 1.24. The Kier molecular flexibility index (Phi) is 4.22. The van der Waals surface area contributed by atoms with Crippen molar-refractivity contribution in [3.8, 4) is 0 Å². The van der Waals surface area contributed by atoms with Crippen LogP contribution in [0.1, 0.15) is 51.4 Å². The van der Waals surface area contributed by atoms with Crippen LogP contribution in [0.3, 0.4) is 0 Å². The normalized spacial score (nSPS) is 40.2. The Morgan fingerprint density at radius 3 is 2.39 bits per heavy atom. The van der Waals surface area contributed by atoms with Gasteiger partial charge in [-0.2, -0.15) is 0 Å². The van der Waals surface area contributed by atoms with E-state index in [0.29, 0.717) is 6.04 Å². The number of hydrogen-bond acceptors (Lipinski definition) is 3. The average molecular weight is 252 g/mol. The Morgan fingerprint density at radius 1 is 0.722 bits per heavy atom. The van der Waals surface area contributed by atoms with Crippen molar-refractivity contribution in [1.29, 1.82) is 0 Å². The van der Waals surface area contributed by atoms with Crippen molar-refractivity contribution < 1.29 is 5.11 Å². The van der Waals surface area contributed by atoms with Crippen LogP contribution in [0.5, 0.6) is 0 Å². The maximum atomic E-state index is 10.4. The smallest absolute Gasteiger partial charge is 0.0695 e. The molecule has 2 aliphatic heterocycles. The molecule has 0 bridgehead atoms. The molecule has 0 aromatic heterocycles. The molecule has 3 heteroatoms. The predicted octanol–water partition coefficient (Wildman–Crippen LogP) is 1.85. The zero-order valence-corrected chi connectivity index (χ0v) is 11.6. The highest BCUT2D eigenvalue weighted by molar-refractivity contribution is 4.91. The van der Waals surface area contributed by atoms with Crippen LogP contribution in [0.4, 0.5) is 0 Å². The first-order chi connectivity index (χ1) is 8.84. The van der Waals surface area contributed by atoms with Crippen LogP contribution in [0.2, 0.25) is 0 Å². The van der Waals surface area contributed by atoms with E-state index in [-0.39, 0.29) is 6.10 Å². The molecule has 3 nitrogen and oxygen atoms in total. The molecule has 1 saturated carbocycles. The molecular formula is C15H28N2O. The molecule has 1 aliphatic carbocycles. The molecule has 0 aromatic carbocycles. The molecule has 3 atom stereocenters. The van der Waals surface area contributed by atoms with Gasteiger partial charge in [-0.3, -0.25) is 9.80 Å². The number of hydrogen-bond donors (Lipinski definition) is 1. The third-order valence-corrected chi connectivity index (χ3v) is 5.28. The molecule has 104 valence electrons. The highest BCUT2D eigenvalue weighted by Crippen LogP contribution is 2.27. The highest BCUT2D eigenvalue weighted by atomic mass is 16.3. The second-order valence-electron chi connectivity index (χ2n) is 6.45. The minimum atomic E-state index is -0.0711. The van der Waals surface area contributed by atoms with E-state index in [1.165, 1.54) is 71.1 Å². The van der Waals surface area contributed by atoms with Gasteiger partial charge in [0.25, 0.3) is 0 Å². The Bertz CT molecular complexity index is 271. The van der Waals surface area contributed by atoms with Crippen LogP contribution < -0.4 is 0 Å². The first kappa shape index (κ1) is 12.9. The fraction of sp³-hybridized carbons (Fsp3) is 1.00. The van der Waals surface area contributed by atoms with Crippen LogP contribution >= 0.6 is 0 Å². The maximum absolute atomic E-state index is 10.4. The number of piperazine rings is 1. The van der Waals surface area contributed by atoms with Crippen LogP contribution in [0.25, 0.3) is 0 Å². The standard InChI is InChI=1S/C15H28N2O/c18-15-8-4-2-1-3-7-14(15)17-11-10-16-9-5-6-13(16)12-17/h13-15,18H,1-12H2. The summed E-state index contributed by atoms with van der Waals surface area (Å²) in [7, 11) is 0. The van der Waals surface area contributed by atoms with E-state index < -0.39 is 0 Å². The lowest BCUT2D eigenvalue weighted by atomic mass is 9.92. The van der Waals surface area contributed by atoms with Crippen LogP contribution in [-0.4, -0.2) is 59.3 Å². The zero-order valence-electron chi connectivity index (χ0n) is 11.6. The molecule has 2 saturated heterocycles. The summed E-state index contributed by atoms with van der Waals surface area (Å²) in [5, 5.41) is 10.4. The lowest BCUT2D eigenvalue weighted by Gasteiger charge is -2.43. The summed E-state index contributed by atoms with van der Waals surface area (Å²) in [6.45, 7) is 4.93. The third-order valence-electron chi connectivity index (χ3n) is 5.28. The molecule has 3 unspecified atom stereocenters. The molecule has 0 radical (unpaired) electrons. The number of aliphatic hydroxyl groups excluding tert-OH is 1. The van der Waals surface area contributed by atoms with Crippen LogP contribution in [-0.2, 0) is 0 Å². The Hall–Kier alpha value is -0.120. The van der Waals surface area contributed by atoms with E-state index in [0.717, 1.165) is 12.5 Å². The third kappa shape index (κ3) is 2.73. The maximum Gasteiger partial charge on any atom is 0.0695 e. The minimum absolute atomic E-state index is 0.0711. The molecule has 18 heavy (non-hydrogen) atoms.